The molecule has 0 aliphatic heterocycles. The van der Waals surface area contributed by atoms with Crippen molar-refractivity contribution in [2.45, 2.75) is 20.8 Å². The summed E-state index contributed by atoms with van der Waals surface area (Å²) in [6, 6.07) is 1.89. The standard InChI is InChI=1S/C11H16O3S/c1-7-6-10(13-4)8(2)9(3)11(7)14-15(5)12/h6H,1-5H3. The molecule has 3 nitrogen and oxygen atoms in total. The fraction of sp³-hybridized carbons (Fsp3) is 0.455. The van der Waals surface area contributed by atoms with Gasteiger partial charge in [-0.2, -0.15) is 0 Å². The van der Waals surface area contributed by atoms with Crippen molar-refractivity contribution < 1.29 is 13.1 Å². The lowest BCUT2D eigenvalue weighted by atomic mass is 10.0. The molecule has 0 aliphatic carbocycles. The second-order valence-electron chi connectivity index (χ2n) is 3.46. The summed E-state index contributed by atoms with van der Waals surface area (Å²) in [4.78, 5) is 0. The van der Waals surface area contributed by atoms with Crippen LogP contribution in [0.15, 0.2) is 6.07 Å². The monoisotopic (exact) mass is 228 g/mol. The van der Waals surface area contributed by atoms with E-state index in [0.29, 0.717) is 5.75 Å². The highest BCUT2D eigenvalue weighted by Crippen LogP contribution is 2.33. The summed E-state index contributed by atoms with van der Waals surface area (Å²) in [7, 11) is 1.64. The number of hydrogen-bond acceptors (Lipinski definition) is 3. The van der Waals surface area contributed by atoms with E-state index in [1.807, 2.05) is 26.8 Å². The van der Waals surface area contributed by atoms with Crippen LogP contribution in [-0.4, -0.2) is 17.6 Å². The van der Waals surface area contributed by atoms with Crippen LogP contribution in [0.1, 0.15) is 16.7 Å². The molecule has 4 heteroatoms. The zero-order valence-corrected chi connectivity index (χ0v) is 10.5. The third kappa shape index (κ3) is 2.50. The Kier molecular flexibility index (Phi) is 3.74. The van der Waals surface area contributed by atoms with Gasteiger partial charge in [0.15, 0.2) is 0 Å². The molecule has 1 atom stereocenters. The average Bonchev–Trinajstić information content (AvgIpc) is 2.18. The minimum absolute atomic E-state index is 0.689. The van der Waals surface area contributed by atoms with Gasteiger partial charge in [-0.3, -0.25) is 0 Å². The lowest BCUT2D eigenvalue weighted by Gasteiger charge is -2.14. The van der Waals surface area contributed by atoms with Crippen LogP contribution in [0.5, 0.6) is 11.5 Å². The molecule has 0 aromatic heterocycles. The SMILES string of the molecule is COc1cc(C)c(OS(C)=O)c(C)c1C. The van der Waals surface area contributed by atoms with Gasteiger partial charge in [-0.05, 0) is 43.5 Å². The number of ether oxygens (including phenoxy) is 1. The van der Waals surface area contributed by atoms with Crippen LogP contribution in [0.2, 0.25) is 0 Å². The molecule has 15 heavy (non-hydrogen) atoms. The lowest BCUT2D eigenvalue weighted by molar-refractivity contribution is 0.410. The second-order valence-corrected chi connectivity index (χ2v) is 4.43. The van der Waals surface area contributed by atoms with Crippen LogP contribution in [-0.2, 0) is 11.1 Å². The first-order chi connectivity index (χ1) is 6.97. The van der Waals surface area contributed by atoms with E-state index in [1.54, 1.807) is 7.11 Å². The molecular formula is C11H16O3S. The van der Waals surface area contributed by atoms with Gasteiger partial charge < -0.3 is 8.92 Å². The molecule has 1 aromatic rings. The largest absolute Gasteiger partial charge is 0.496 e. The highest BCUT2D eigenvalue weighted by Gasteiger charge is 2.12. The molecule has 1 rings (SSSR count). The molecule has 0 aliphatic rings. The van der Waals surface area contributed by atoms with Crippen LogP contribution >= 0.6 is 0 Å². The number of aryl methyl sites for hydroxylation is 1. The maximum atomic E-state index is 11.0. The number of rotatable bonds is 3. The van der Waals surface area contributed by atoms with Gasteiger partial charge in [-0.15, -0.1) is 0 Å². The predicted octanol–water partition coefficient (Wildman–Crippen LogP) is 2.29. The Hall–Kier alpha value is -1.03. The van der Waals surface area contributed by atoms with E-state index in [-0.39, 0.29) is 0 Å². The van der Waals surface area contributed by atoms with Crippen LogP contribution < -0.4 is 8.92 Å². The molecule has 0 fully saturated rings. The maximum Gasteiger partial charge on any atom is 0.203 e. The van der Waals surface area contributed by atoms with Crippen molar-refractivity contribution >= 4 is 11.1 Å². The molecule has 0 saturated heterocycles. The first-order valence-corrected chi connectivity index (χ1v) is 6.12. The Balaban J connectivity index is 3.29. The average molecular weight is 228 g/mol. The smallest absolute Gasteiger partial charge is 0.203 e. The van der Waals surface area contributed by atoms with Crippen molar-refractivity contribution in [3.8, 4) is 11.5 Å². The van der Waals surface area contributed by atoms with Crippen LogP contribution in [0, 0.1) is 20.8 Å². The van der Waals surface area contributed by atoms with Crippen molar-refractivity contribution in [1.82, 2.24) is 0 Å². The van der Waals surface area contributed by atoms with Crippen molar-refractivity contribution in [3.05, 3.63) is 22.8 Å². The van der Waals surface area contributed by atoms with Gasteiger partial charge in [0.2, 0.25) is 11.1 Å². The summed E-state index contributed by atoms with van der Waals surface area (Å²) in [5, 5.41) is 0. The molecular weight excluding hydrogens is 212 g/mol. The van der Waals surface area contributed by atoms with Crippen molar-refractivity contribution in [1.29, 1.82) is 0 Å². The highest BCUT2D eigenvalue weighted by molar-refractivity contribution is 7.79. The first-order valence-electron chi connectivity index (χ1n) is 4.64. The van der Waals surface area contributed by atoms with E-state index in [9.17, 15) is 4.21 Å². The van der Waals surface area contributed by atoms with E-state index >= 15 is 0 Å². The molecule has 0 bridgehead atoms. The van der Waals surface area contributed by atoms with Gasteiger partial charge >= 0.3 is 0 Å². The zero-order valence-electron chi connectivity index (χ0n) is 9.71. The van der Waals surface area contributed by atoms with Crippen molar-refractivity contribution in [2.24, 2.45) is 0 Å². The van der Waals surface area contributed by atoms with Gasteiger partial charge in [0.1, 0.15) is 11.5 Å². The summed E-state index contributed by atoms with van der Waals surface area (Å²) in [5.41, 5.74) is 2.93. The molecule has 0 N–H and O–H groups in total. The summed E-state index contributed by atoms with van der Waals surface area (Å²) in [6.07, 6.45) is 1.51. The molecule has 1 aromatic carbocycles. The van der Waals surface area contributed by atoms with E-state index < -0.39 is 11.1 Å². The predicted molar refractivity (Wildman–Crippen MR) is 61.9 cm³/mol. The Labute approximate surface area is 93.1 Å². The molecule has 0 radical (unpaired) electrons. The van der Waals surface area contributed by atoms with Gasteiger partial charge in [0.05, 0.1) is 7.11 Å². The molecule has 1 unspecified atom stereocenters. The number of hydrogen-bond donors (Lipinski definition) is 0. The van der Waals surface area contributed by atoms with Gasteiger partial charge in [-0.25, -0.2) is 4.21 Å². The minimum Gasteiger partial charge on any atom is -0.496 e. The molecule has 0 amide bonds. The van der Waals surface area contributed by atoms with Crippen molar-refractivity contribution in [3.63, 3.8) is 0 Å². The summed E-state index contributed by atoms with van der Waals surface area (Å²) in [5.74, 6) is 1.52. The highest BCUT2D eigenvalue weighted by atomic mass is 32.2. The summed E-state index contributed by atoms with van der Waals surface area (Å²) >= 11 is -1.29. The minimum atomic E-state index is -1.29. The topological polar surface area (TPSA) is 35.5 Å². The second kappa shape index (κ2) is 4.66. The molecule has 0 saturated carbocycles. The fourth-order valence-corrected chi connectivity index (χ4v) is 1.97. The Morgan fingerprint density at radius 1 is 1.20 bits per heavy atom. The normalized spacial score (nSPS) is 12.3. The fourth-order valence-electron chi connectivity index (χ4n) is 1.48. The van der Waals surface area contributed by atoms with Gasteiger partial charge in [-0.1, -0.05) is 0 Å². The quantitative estimate of drug-likeness (QED) is 0.796. The Bertz CT molecular complexity index is 399. The van der Waals surface area contributed by atoms with Crippen molar-refractivity contribution in [2.75, 3.05) is 13.4 Å². The third-order valence-electron chi connectivity index (χ3n) is 2.40. The molecule has 0 spiro atoms. The van der Waals surface area contributed by atoms with E-state index in [2.05, 4.69) is 0 Å². The van der Waals surface area contributed by atoms with Crippen LogP contribution in [0.25, 0.3) is 0 Å². The Morgan fingerprint density at radius 3 is 2.27 bits per heavy atom. The van der Waals surface area contributed by atoms with Gasteiger partial charge in [0, 0.05) is 6.26 Å². The number of benzene rings is 1. The summed E-state index contributed by atoms with van der Waals surface area (Å²) in [6.45, 7) is 5.81. The lowest BCUT2D eigenvalue weighted by Crippen LogP contribution is -2.02. The number of methoxy groups -OCH3 is 1. The van der Waals surface area contributed by atoms with E-state index in [0.717, 1.165) is 22.4 Å². The Morgan fingerprint density at radius 2 is 1.80 bits per heavy atom. The van der Waals surface area contributed by atoms with E-state index in [1.165, 1.54) is 6.26 Å². The first kappa shape index (κ1) is 12.0. The van der Waals surface area contributed by atoms with E-state index in [4.69, 9.17) is 8.92 Å². The summed E-state index contributed by atoms with van der Waals surface area (Å²) < 4.78 is 21.5. The third-order valence-corrected chi connectivity index (χ3v) is 2.80. The van der Waals surface area contributed by atoms with Gasteiger partial charge in [0.25, 0.3) is 0 Å². The van der Waals surface area contributed by atoms with Crippen LogP contribution in [0.4, 0.5) is 0 Å². The maximum absolute atomic E-state index is 11.0. The molecule has 0 heterocycles. The molecule has 84 valence electrons. The van der Waals surface area contributed by atoms with Crippen LogP contribution in [0.3, 0.4) is 0 Å². The zero-order chi connectivity index (χ0) is 11.6.